The van der Waals surface area contributed by atoms with Crippen LogP contribution < -0.4 is 16.2 Å². The minimum absolute atomic E-state index is 0.0819. The van der Waals surface area contributed by atoms with E-state index in [2.05, 4.69) is 31.5 Å². The van der Waals surface area contributed by atoms with Gasteiger partial charge in [-0.3, -0.25) is 19.0 Å². The topological polar surface area (TPSA) is 93.1 Å². The molecule has 0 saturated heterocycles. The summed E-state index contributed by atoms with van der Waals surface area (Å²) in [5.41, 5.74) is 1.51. The van der Waals surface area contributed by atoms with Gasteiger partial charge in [0.2, 0.25) is 11.8 Å². The van der Waals surface area contributed by atoms with Crippen molar-refractivity contribution >= 4 is 50.0 Å². The molecule has 0 aliphatic rings. The van der Waals surface area contributed by atoms with Gasteiger partial charge >= 0.3 is 0 Å². The van der Waals surface area contributed by atoms with Crippen molar-refractivity contribution in [1.82, 2.24) is 9.55 Å². The lowest BCUT2D eigenvalue weighted by molar-refractivity contribution is -0.117. The molecule has 27 heavy (non-hydrogen) atoms. The van der Waals surface area contributed by atoms with Gasteiger partial charge in [-0.05, 0) is 42.5 Å². The number of nitrogens with one attached hydrogen (secondary N) is 2. The third kappa shape index (κ3) is 4.59. The molecule has 0 aliphatic carbocycles. The van der Waals surface area contributed by atoms with Crippen LogP contribution in [0.4, 0.5) is 11.4 Å². The summed E-state index contributed by atoms with van der Waals surface area (Å²) in [6.07, 6.45) is 1.76. The zero-order valence-electron chi connectivity index (χ0n) is 14.5. The fourth-order valence-electron chi connectivity index (χ4n) is 2.49. The molecule has 0 unspecified atom stereocenters. The largest absolute Gasteiger partial charge is 0.326 e. The van der Waals surface area contributed by atoms with Crippen LogP contribution in [0, 0.1) is 0 Å². The SMILES string of the molecule is CCC(=O)Nc1ccc(NC(=O)Cn2cnc3ccc(Br)cc3c2=O)cc1. The summed E-state index contributed by atoms with van der Waals surface area (Å²) in [6, 6.07) is 12.0. The van der Waals surface area contributed by atoms with Crippen LogP contribution in [0.25, 0.3) is 10.9 Å². The predicted molar refractivity (Wildman–Crippen MR) is 108 cm³/mol. The first-order valence-electron chi connectivity index (χ1n) is 8.30. The molecule has 2 N–H and O–H groups in total. The van der Waals surface area contributed by atoms with Crippen LogP contribution >= 0.6 is 15.9 Å². The molecule has 7 nitrogen and oxygen atoms in total. The lowest BCUT2D eigenvalue weighted by Gasteiger charge is -2.09. The Bertz CT molecular complexity index is 1060. The lowest BCUT2D eigenvalue weighted by Crippen LogP contribution is -2.27. The number of anilines is 2. The molecule has 1 aromatic heterocycles. The summed E-state index contributed by atoms with van der Waals surface area (Å²) in [6.45, 7) is 1.62. The Morgan fingerprint density at radius 3 is 2.30 bits per heavy atom. The first-order valence-corrected chi connectivity index (χ1v) is 9.10. The van der Waals surface area contributed by atoms with Crippen molar-refractivity contribution in [2.45, 2.75) is 19.9 Å². The minimum Gasteiger partial charge on any atom is -0.326 e. The zero-order chi connectivity index (χ0) is 19.4. The van der Waals surface area contributed by atoms with Crippen LogP contribution in [0.3, 0.4) is 0 Å². The van der Waals surface area contributed by atoms with E-state index in [1.807, 2.05) is 0 Å². The summed E-state index contributed by atoms with van der Waals surface area (Å²) < 4.78 is 2.03. The first kappa shape index (κ1) is 18.8. The van der Waals surface area contributed by atoms with Gasteiger partial charge in [0, 0.05) is 22.3 Å². The molecule has 0 saturated carbocycles. The lowest BCUT2D eigenvalue weighted by atomic mass is 10.2. The van der Waals surface area contributed by atoms with Crippen molar-refractivity contribution < 1.29 is 9.59 Å². The Morgan fingerprint density at radius 1 is 1.04 bits per heavy atom. The maximum atomic E-state index is 12.5. The highest BCUT2D eigenvalue weighted by atomic mass is 79.9. The van der Waals surface area contributed by atoms with E-state index < -0.39 is 0 Å². The Hall–Kier alpha value is -3.00. The Morgan fingerprint density at radius 2 is 1.67 bits per heavy atom. The van der Waals surface area contributed by atoms with Crippen molar-refractivity contribution in [3.8, 4) is 0 Å². The van der Waals surface area contributed by atoms with Gasteiger partial charge in [-0.1, -0.05) is 22.9 Å². The van der Waals surface area contributed by atoms with E-state index in [-0.39, 0.29) is 23.9 Å². The minimum atomic E-state index is -0.349. The van der Waals surface area contributed by atoms with E-state index in [9.17, 15) is 14.4 Å². The number of fused-ring (bicyclic) bond motifs is 1. The molecular weight excluding hydrogens is 412 g/mol. The van der Waals surface area contributed by atoms with Crippen LogP contribution in [0.15, 0.2) is 58.1 Å². The van der Waals surface area contributed by atoms with Gasteiger partial charge in [0.15, 0.2) is 0 Å². The zero-order valence-corrected chi connectivity index (χ0v) is 16.1. The second-order valence-electron chi connectivity index (χ2n) is 5.87. The maximum absolute atomic E-state index is 12.5. The molecule has 2 aromatic carbocycles. The van der Waals surface area contributed by atoms with Crippen molar-refractivity contribution in [1.29, 1.82) is 0 Å². The van der Waals surface area contributed by atoms with Gasteiger partial charge in [-0.25, -0.2) is 4.98 Å². The number of nitrogens with zero attached hydrogens (tertiary/aromatic N) is 2. The quantitative estimate of drug-likeness (QED) is 0.652. The van der Waals surface area contributed by atoms with Crippen molar-refractivity contribution in [3.63, 3.8) is 0 Å². The van der Waals surface area contributed by atoms with E-state index in [0.29, 0.717) is 28.7 Å². The van der Waals surface area contributed by atoms with Gasteiger partial charge < -0.3 is 10.6 Å². The highest BCUT2D eigenvalue weighted by Crippen LogP contribution is 2.15. The summed E-state index contributed by atoms with van der Waals surface area (Å²) >= 11 is 3.33. The summed E-state index contributed by atoms with van der Waals surface area (Å²) in [5, 5.41) is 5.90. The van der Waals surface area contributed by atoms with Crippen molar-refractivity contribution in [3.05, 3.63) is 63.6 Å². The number of amides is 2. The highest BCUT2D eigenvalue weighted by molar-refractivity contribution is 9.10. The number of hydrogen-bond donors (Lipinski definition) is 2. The smallest absolute Gasteiger partial charge is 0.261 e. The average Bonchev–Trinajstić information content (AvgIpc) is 2.66. The van der Waals surface area contributed by atoms with E-state index >= 15 is 0 Å². The number of carbonyl (C=O) groups excluding carboxylic acids is 2. The molecule has 3 rings (SSSR count). The summed E-state index contributed by atoms with van der Waals surface area (Å²) in [5.74, 6) is -0.430. The fourth-order valence-corrected chi connectivity index (χ4v) is 2.85. The van der Waals surface area contributed by atoms with E-state index in [0.717, 1.165) is 4.47 Å². The molecule has 0 bridgehead atoms. The van der Waals surface area contributed by atoms with Gasteiger partial charge in [0.05, 0.1) is 17.2 Å². The molecule has 8 heteroatoms. The summed E-state index contributed by atoms with van der Waals surface area (Å²) in [7, 11) is 0. The summed E-state index contributed by atoms with van der Waals surface area (Å²) in [4.78, 5) is 40.4. The van der Waals surface area contributed by atoms with E-state index in [1.165, 1.54) is 10.9 Å². The molecule has 0 radical (unpaired) electrons. The molecule has 0 atom stereocenters. The molecule has 0 aliphatic heterocycles. The number of aromatic nitrogens is 2. The number of hydrogen-bond acceptors (Lipinski definition) is 4. The van der Waals surface area contributed by atoms with Crippen LogP contribution in [0.1, 0.15) is 13.3 Å². The molecule has 3 aromatic rings. The Balaban J connectivity index is 1.71. The van der Waals surface area contributed by atoms with Crippen molar-refractivity contribution in [2.75, 3.05) is 10.6 Å². The second-order valence-corrected chi connectivity index (χ2v) is 6.78. The number of carbonyl (C=O) groups is 2. The highest BCUT2D eigenvalue weighted by Gasteiger charge is 2.09. The monoisotopic (exact) mass is 428 g/mol. The van der Waals surface area contributed by atoms with Gasteiger partial charge in [0.1, 0.15) is 6.54 Å². The molecule has 2 amide bonds. The van der Waals surface area contributed by atoms with Gasteiger partial charge in [0.25, 0.3) is 5.56 Å². The first-order chi connectivity index (χ1) is 13.0. The predicted octanol–water partition coefficient (Wildman–Crippen LogP) is 3.15. The van der Waals surface area contributed by atoms with E-state index in [4.69, 9.17) is 0 Å². The molecule has 0 fully saturated rings. The Labute approximate surface area is 163 Å². The van der Waals surface area contributed by atoms with Gasteiger partial charge in [-0.2, -0.15) is 0 Å². The third-order valence-electron chi connectivity index (χ3n) is 3.87. The van der Waals surface area contributed by atoms with Crippen LogP contribution in [0.2, 0.25) is 0 Å². The molecule has 0 spiro atoms. The Kier molecular flexibility index (Phi) is 5.66. The standard InChI is InChI=1S/C19H17BrN4O3/c1-2-17(25)22-13-4-6-14(7-5-13)23-18(26)10-24-11-21-16-8-3-12(20)9-15(16)19(24)27/h3-9,11H,2,10H2,1H3,(H,22,25)(H,23,26). The normalized spacial score (nSPS) is 10.6. The van der Waals surface area contributed by atoms with Crippen molar-refractivity contribution in [2.24, 2.45) is 0 Å². The maximum Gasteiger partial charge on any atom is 0.261 e. The number of benzene rings is 2. The fraction of sp³-hybridized carbons (Fsp3) is 0.158. The number of halogens is 1. The molecule has 1 heterocycles. The molecule has 138 valence electrons. The van der Waals surface area contributed by atoms with E-state index in [1.54, 1.807) is 49.4 Å². The van der Waals surface area contributed by atoms with Crippen LogP contribution in [0.5, 0.6) is 0 Å². The third-order valence-corrected chi connectivity index (χ3v) is 4.37. The van der Waals surface area contributed by atoms with Crippen LogP contribution in [-0.2, 0) is 16.1 Å². The van der Waals surface area contributed by atoms with Crippen LogP contribution in [-0.4, -0.2) is 21.4 Å². The number of rotatable bonds is 5. The second kappa shape index (κ2) is 8.13. The molecular formula is C19H17BrN4O3. The average molecular weight is 429 g/mol. The van der Waals surface area contributed by atoms with Gasteiger partial charge in [-0.15, -0.1) is 0 Å².